The highest BCUT2D eigenvalue weighted by molar-refractivity contribution is 7.13. The smallest absolute Gasteiger partial charge is 0.263 e. The SMILES string of the molecule is Cc1nc(C)c(C(=O)NCC(c2ccccc2)c2c[nH]c3ccccc23)s1. The van der Waals surface area contributed by atoms with Gasteiger partial charge in [-0.15, -0.1) is 11.3 Å². The van der Waals surface area contributed by atoms with Crippen molar-refractivity contribution in [3.63, 3.8) is 0 Å². The Morgan fingerprint density at radius 1 is 1.11 bits per heavy atom. The molecule has 4 rings (SSSR count). The van der Waals surface area contributed by atoms with Gasteiger partial charge in [-0.3, -0.25) is 4.79 Å². The number of nitrogens with zero attached hydrogens (tertiary/aromatic N) is 1. The van der Waals surface area contributed by atoms with Crippen molar-refractivity contribution >= 4 is 28.1 Å². The number of aromatic amines is 1. The van der Waals surface area contributed by atoms with Gasteiger partial charge < -0.3 is 10.3 Å². The first-order chi connectivity index (χ1) is 13.1. The van der Waals surface area contributed by atoms with Crippen LogP contribution < -0.4 is 5.32 Å². The third kappa shape index (κ3) is 3.51. The van der Waals surface area contributed by atoms with Crippen molar-refractivity contribution in [2.24, 2.45) is 0 Å². The van der Waals surface area contributed by atoms with Crippen molar-refractivity contribution in [3.05, 3.63) is 87.5 Å². The Balaban J connectivity index is 1.65. The summed E-state index contributed by atoms with van der Waals surface area (Å²) >= 11 is 1.44. The highest BCUT2D eigenvalue weighted by atomic mass is 32.1. The topological polar surface area (TPSA) is 57.8 Å². The number of H-pyrrole nitrogens is 1. The molecule has 2 heterocycles. The van der Waals surface area contributed by atoms with Gasteiger partial charge in [0, 0.05) is 29.6 Å². The van der Waals surface area contributed by atoms with E-state index in [1.165, 1.54) is 27.8 Å². The molecule has 1 unspecified atom stereocenters. The number of hydrogen-bond acceptors (Lipinski definition) is 3. The number of rotatable bonds is 5. The number of fused-ring (bicyclic) bond motifs is 1. The molecule has 0 radical (unpaired) electrons. The average molecular weight is 375 g/mol. The summed E-state index contributed by atoms with van der Waals surface area (Å²) in [6.07, 6.45) is 2.05. The van der Waals surface area contributed by atoms with Gasteiger partial charge in [0.2, 0.25) is 0 Å². The second kappa shape index (κ2) is 7.37. The van der Waals surface area contributed by atoms with Crippen molar-refractivity contribution < 1.29 is 4.79 Å². The number of hydrogen-bond donors (Lipinski definition) is 2. The summed E-state index contributed by atoms with van der Waals surface area (Å²) in [6, 6.07) is 18.6. The highest BCUT2D eigenvalue weighted by Crippen LogP contribution is 2.30. The van der Waals surface area contributed by atoms with Crippen LogP contribution in [0.4, 0.5) is 0 Å². The lowest BCUT2D eigenvalue weighted by molar-refractivity contribution is 0.0955. The summed E-state index contributed by atoms with van der Waals surface area (Å²) in [5, 5.41) is 5.22. The van der Waals surface area contributed by atoms with Crippen molar-refractivity contribution in [3.8, 4) is 0 Å². The lowest BCUT2D eigenvalue weighted by Gasteiger charge is -2.18. The summed E-state index contributed by atoms with van der Waals surface area (Å²) in [5.74, 6) is 0.0134. The van der Waals surface area contributed by atoms with E-state index in [0.717, 1.165) is 16.2 Å². The molecule has 0 aliphatic rings. The zero-order valence-electron chi connectivity index (χ0n) is 15.3. The fourth-order valence-electron chi connectivity index (χ4n) is 3.49. The minimum absolute atomic E-state index is 0.0566. The first-order valence-corrected chi connectivity index (χ1v) is 9.78. The second-order valence-corrected chi connectivity index (χ2v) is 7.81. The fourth-order valence-corrected chi connectivity index (χ4v) is 4.33. The molecule has 0 aliphatic heterocycles. The lowest BCUT2D eigenvalue weighted by atomic mass is 9.91. The van der Waals surface area contributed by atoms with E-state index in [0.29, 0.717) is 11.4 Å². The Morgan fingerprint density at radius 2 is 1.85 bits per heavy atom. The third-order valence-corrected chi connectivity index (χ3v) is 5.85. The summed E-state index contributed by atoms with van der Waals surface area (Å²) in [5.41, 5.74) is 4.26. The molecule has 1 amide bonds. The summed E-state index contributed by atoms with van der Waals surface area (Å²) in [4.78, 5) is 21.1. The Hall–Kier alpha value is -2.92. The maximum absolute atomic E-state index is 12.7. The van der Waals surface area contributed by atoms with Crippen LogP contribution in [0.5, 0.6) is 0 Å². The minimum atomic E-state index is -0.0566. The number of para-hydroxylation sites is 1. The van der Waals surface area contributed by atoms with Crippen LogP contribution >= 0.6 is 11.3 Å². The zero-order valence-corrected chi connectivity index (χ0v) is 16.1. The number of carbonyl (C=O) groups is 1. The fraction of sp³-hybridized carbons (Fsp3) is 0.182. The number of aryl methyl sites for hydroxylation is 2. The molecule has 0 saturated carbocycles. The van der Waals surface area contributed by atoms with E-state index in [-0.39, 0.29) is 11.8 Å². The number of aromatic nitrogens is 2. The highest BCUT2D eigenvalue weighted by Gasteiger charge is 2.20. The predicted molar refractivity (Wildman–Crippen MR) is 111 cm³/mol. The maximum atomic E-state index is 12.7. The molecule has 0 saturated heterocycles. The Morgan fingerprint density at radius 3 is 2.59 bits per heavy atom. The van der Waals surface area contributed by atoms with Crippen LogP contribution in [-0.2, 0) is 0 Å². The van der Waals surface area contributed by atoms with Gasteiger partial charge in [-0.1, -0.05) is 48.5 Å². The van der Waals surface area contributed by atoms with Crippen molar-refractivity contribution in [2.45, 2.75) is 19.8 Å². The molecule has 136 valence electrons. The van der Waals surface area contributed by atoms with Crippen molar-refractivity contribution in [1.82, 2.24) is 15.3 Å². The van der Waals surface area contributed by atoms with Gasteiger partial charge in [0.25, 0.3) is 5.91 Å². The number of thiazole rings is 1. The molecule has 27 heavy (non-hydrogen) atoms. The van der Waals surface area contributed by atoms with E-state index < -0.39 is 0 Å². The molecule has 5 heteroatoms. The van der Waals surface area contributed by atoms with Crippen LogP contribution in [0.15, 0.2) is 60.8 Å². The number of nitrogens with one attached hydrogen (secondary N) is 2. The van der Waals surface area contributed by atoms with Crippen LogP contribution in [0.1, 0.15) is 37.4 Å². The summed E-state index contributed by atoms with van der Waals surface area (Å²) in [6.45, 7) is 4.33. The lowest BCUT2D eigenvalue weighted by Crippen LogP contribution is -2.28. The zero-order chi connectivity index (χ0) is 18.8. The quantitative estimate of drug-likeness (QED) is 0.526. The van der Waals surface area contributed by atoms with Gasteiger partial charge in [0.05, 0.1) is 10.7 Å². The van der Waals surface area contributed by atoms with Crippen LogP contribution in [0, 0.1) is 13.8 Å². The van der Waals surface area contributed by atoms with Gasteiger partial charge >= 0.3 is 0 Å². The molecule has 0 bridgehead atoms. The number of benzene rings is 2. The maximum Gasteiger partial charge on any atom is 0.263 e. The molecule has 4 nitrogen and oxygen atoms in total. The molecule has 1 atom stereocenters. The minimum Gasteiger partial charge on any atom is -0.361 e. The summed E-state index contributed by atoms with van der Waals surface area (Å²) in [7, 11) is 0. The average Bonchev–Trinajstić information content (AvgIpc) is 3.26. The van der Waals surface area contributed by atoms with Gasteiger partial charge in [-0.25, -0.2) is 4.98 Å². The van der Waals surface area contributed by atoms with E-state index in [1.807, 2.05) is 44.2 Å². The molecular formula is C22H21N3OS. The molecular weight excluding hydrogens is 354 g/mol. The van der Waals surface area contributed by atoms with E-state index >= 15 is 0 Å². The standard InChI is InChI=1S/C22H21N3OS/c1-14-21(27-15(2)25-14)22(26)24-12-18(16-8-4-3-5-9-16)19-13-23-20-11-7-6-10-17(19)20/h3-11,13,18,23H,12H2,1-2H3,(H,24,26). The monoisotopic (exact) mass is 375 g/mol. The largest absolute Gasteiger partial charge is 0.361 e. The van der Waals surface area contributed by atoms with Crippen molar-refractivity contribution in [1.29, 1.82) is 0 Å². The van der Waals surface area contributed by atoms with E-state index in [9.17, 15) is 4.79 Å². The number of amides is 1. The normalized spacial score (nSPS) is 12.2. The van der Waals surface area contributed by atoms with E-state index in [4.69, 9.17) is 0 Å². The van der Waals surface area contributed by atoms with Crippen LogP contribution in [0.25, 0.3) is 10.9 Å². The summed E-state index contributed by atoms with van der Waals surface area (Å²) < 4.78 is 0. The van der Waals surface area contributed by atoms with E-state index in [1.54, 1.807) is 0 Å². The van der Waals surface area contributed by atoms with Crippen LogP contribution in [0.3, 0.4) is 0 Å². The Bertz CT molecular complexity index is 1080. The predicted octanol–water partition coefficient (Wildman–Crippen LogP) is 4.80. The van der Waals surface area contributed by atoms with Gasteiger partial charge in [0.1, 0.15) is 4.88 Å². The molecule has 0 fully saturated rings. The van der Waals surface area contributed by atoms with E-state index in [2.05, 4.69) is 45.7 Å². The number of carbonyl (C=O) groups excluding carboxylic acids is 1. The Labute approximate surface area is 162 Å². The first-order valence-electron chi connectivity index (χ1n) is 8.96. The second-order valence-electron chi connectivity index (χ2n) is 6.61. The van der Waals surface area contributed by atoms with Gasteiger partial charge in [-0.05, 0) is 31.0 Å². The third-order valence-electron chi connectivity index (χ3n) is 4.78. The first kappa shape index (κ1) is 17.5. The molecule has 0 spiro atoms. The van der Waals surface area contributed by atoms with Gasteiger partial charge in [0.15, 0.2) is 0 Å². The molecule has 2 aromatic heterocycles. The molecule has 2 N–H and O–H groups in total. The van der Waals surface area contributed by atoms with Gasteiger partial charge in [-0.2, -0.15) is 0 Å². The molecule has 4 aromatic rings. The Kier molecular flexibility index (Phi) is 4.77. The van der Waals surface area contributed by atoms with Crippen LogP contribution in [-0.4, -0.2) is 22.4 Å². The molecule has 0 aliphatic carbocycles. The van der Waals surface area contributed by atoms with Crippen molar-refractivity contribution in [2.75, 3.05) is 6.54 Å². The van der Waals surface area contributed by atoms with Crippen LogP contribution in [0.2, 0.25) is 0 Å². The molecule has 2 aromatic carbocycles.